The van der Waals surface area contributed by atoms with Crippen LogP contribution >= 0.6 is 0 Å². The van der Waals surface area contributed by atoms with Crippen LogP contribution in [-0.4, -0.2) is 24.1 Å². The highest BCUT2D eigenvalue weighted by Crippen LogP contribution is 2.15. The van der Waals surface area contributed by atoms with Gasteiger partial charge in [0, 0.05) is 11.8 Å². The summed E-state index contributed by atoms with van der Waals surface area (Å²) in [6.45, 7) is 1.30. The molecule has 0 bridgehead atoms. The van der Waals surface area contributed by atoms with Crippen molar-refractivity contribution in [3.05, 3.63) is 60.2 Å². The van der Waals surface area contributed by atoms with Crippen molar-refractivity contribution >= 4 is 23.2 Å². The van der Waals surface area contributed by atoms with Gasteiger partial charge in [0.05, 0.1) is 12.1 Å². The Kier molecular flexibility index (Phi) is 6.78. The molecule has 0 aromatic heterocycles. The Balaban J connectivity index is 1.77. The summed E-state index contributed by atoms with van der Waals surface area (Å²) in [4.78, 5) is 23.5. The van der Waals surface area contributed by atoms with Gasteiger partial charge in [0.2, 0.25) is 5.91 Å². The van der Waals surface area contributed by atoms with Gasteiger partial charge in [-0.2, -0.15) is 5.10 Å². The number of carbonyl (C=O) groups is 2. The molecule has 26 heavy (non-hydrogen) atoms. The van der Waals surface area contributed by atoms with Crippen molar-refractivity contribution in [3.63, 3.8) is 0 Å². The van der Waals surface area contributed by atoms with Crippen molar-refractivity contribution in [1.82, 2.24) is 5.43 Å². The van der Waals surface area contributed by atoms with Gasteiger partial charge in [-0.25, -0.2) is 14.2 Å². The van der Waals surface area contributed by atoms with Crippen LogP contribution in [0, 0.1) is 11.6 Å². The van der Waals surface area contributed by atoms with E-state index in [4.69, 9.17) is 4.74 Å². The van der Waals surface area contributed by atoms with E-state index in [9.17, 15) is 18.4 Å². The first kappa shape index (κ1) is 19.0. The number of nitrogens with zero attached hydrogens (tertiary/aromatic N) is 1. The van der Waals surface area contributed by atoms with Gasteiger partial charge in [0.1, 0.15) is 17.4 Å². The van der Waals surface area contributed by atoms with Crippen LogP contribution in [0.1, 0.15) is 13.3 Å². The van der Waals surface area contributed by atoms with Gasteiger partial charge >= 0.3 is 0 Å². The number of hydrogen-bond acceptors (Lipinski definition) is 4. The quantitative estimate of drug-likeness (QED) is 0.588. The molecule has 2 aromatic rings. The van der Waals surface area contributed by atoms with E-state index in [0.29, 0.717) is 17.5 Å². The average molecular weight is 361 g/mol. The van der Waals surface area contributed by atoms with E-state index in [0.717, 1.165) is 12.1 Å². The lowest BCUT2D eigenvalue weighted by atomic mass is 10.2. The molecule has 2 amide bonds. The van der Waals surface area contributed by atoms with E-state index in [1.54, 1.807) is 24.3 Å². The topological polar surface area (TPSA) is 79.8 Å². The molecule has 0 spiro atoms. The molecule has 136 valence electrons. The number of amides is 2. The fourth-order valence-electron chi connectivity index (χ4n) is 1.91. The molecule has 0 saturated heterocycles. The first-order valence-electron chi connectivity index (χ1n) is 7.69. The smallest absolute Gasteiger partial charge is 0.277 e. The van der Waals surface area contributed by atoms with E-state index in [2.05, 4.69) is 15.8 Å². The second kappa shape index (κ2) is 9.26. The first-order valence-corrected chi connectivity index (χ1v) is 7.69. The van der Waals surface area contributed by atoms with Crippen LogP contribution < -0.4 is 15.5 Å². The summed E-state index contributed by atoms with van der Waals surface area (Å²) in [7, 11) is 0. The van der Waals surface area contributed by atoms with E-state index in [1.165, 1.54) is 6.92 Å². The Labute approximate surface area is 148 Å². The predicted molar refractivity (Wildman–Crippen MR) is 92.8 cm³/mol. The highest BCUT2D eigenvalue weighted by atomic mass is 19.1. The summed E-state index contributed by atoms with van der Waals surface area (Å²) < 4.78 is 31.5. The molecule has 0 radical (unpaired) electrons. The zero-order valence-corrected chi connectivity index (χ0v) is 14.0. The Bertz CT molecular complexity index is 811. The van der Waals surface area contributed by atoms with E-state index in [1.807, 2.05) is 6.07 Å². The van der Waals surface area contributed by atoms with Gasteiger partial charge < -0.3 is 10.1 Å². The molecule has 2 aromatic carbocycles. The Morgan fingerprint density at radius 1 is 1.08 bits per heavy atom. The van der Waals surface area contributed by atoms with Crippen molar-refractivity contribution in [1.29, 1.82) is 0 Å². The lowest BCUT2D eigenvalue weighted by Crippen LogP contribution is -2.26. The maximum Gasteiger partial charge on any atom is 0.277 e. The molecule has 6 nitrogen and oxygen atoms in total. The molecular weight excluding hydrogens is 344 g/mol. The van der Waals surface area contributed by atoms with Gasteiger partial charge in [-0.3, -0.25) is 9.59 Å². The third-order valence-electron chi connectivity index (χ3n) is 3.11. The van der Waals surface area contributed by atoms with E-state index >= 15 is 0 Å². The second-order valence-corrected chi connectivity index (χ2v) is 5.33. The number of hydrazone groups is 1. The van der Waals surface area contributed by atoms with Crippen molar-refractivity contribution in [2.75, 3.05) is 11.9 Å². The summed E-state index contributed by atoms with van der Waals surface area (Å²) >= 11 is 0. The number of anilines is 1. The fourth-order valence-corrected chi connectivity index (χ4v) is 1.91. The van der Waals surface area contributed by atoms with Crippen molar-refractivity contribution < 1.29 is 23.1 Å². The van der Waals surface area contributed by atoms with Crippen LogP contribution in [0.25, 0.3) is 0 Å². The number of benzene rings is 2. The highest BCUT2D eigenvalue weighted by molar-refractivity contribution is 6.05. The Hall–Kier alpha value is -3.29. The Morgan fingerprint density at radius 2 is 1.81 bits per heavy atom. The highest BCUT2D eigenvalue weighted by Gasteiger charge is 2.09. The lowest BCUT2D eigenvalue weighted by molar-refractivity contribution is -0.123. The van der Waals surface area contributed by atoms with Gasteiger partial charge in [0.25, 0.3) is 5.91 Å². The second-order valence-electron chi connectivity index (χ2n) is 5.33. The fraction of sp³-hybridized carbons (Fsp3) is 0.167. The average Bonchev–Trinajstić information content (AvgIpc) is 2.61. The molecule has 0 aliphatic rings. The molecule has 0 unspecified atom stereocenters. The van der Waals surface area contributed by atoms with Gasteiger partial charge in [0.15, 0.2) is 6.61 Å². The molecule has 2 N–H and O–H groups in total. The molecule has 0 heterocycles. The van der Waals surface area contributed by atoms with Crippen molar-refractivity contribution in [2.45, 2.75) is 13.3 Å². The van der Waals surface area contributed by atoms with Crippen LogP contribution in [0.3, 0.4) is 0 Å². The lowest BCUT2D eigenvalue weighted by Gasteiger charge is -2.07. The monoisotopic (exact) mass is 361 g/mol. The third kappa shape index (κ3) is 6.31. The van der Waals surface area contributed by atoms with Gasteiger partial charge in [-0.15, -0.1) is 0 Å². The standard InChI is InChI=1S/C18H17F2N3O3/c1-12(9-17(24)21-16-8-7-13(19)10-15(16)20)22-23-18(25)11-26-14-5-3-2-4-6-14/h2-8,10H,9,11H2,1H3,(H,21,24)(H,23,25)/b22-12+. The minimum absolute atomic E-state index is 0.135. The minimum Gasteiger partial charge on any atom is -0.484 e. The SMILES string of the molecule is C/C(CC(=O)Nc1ccc(F)cc1F)=N\NC(=O)COc1ccccc1. The molecule has 8 heteroatoms. The van der Waals surface area contributed by atoms with Crippen LogP contribution in [0.15, 0.2) is 53.6 Å². The molecule has 0 aliphatic carbocycles. The zero-order chi connectivity index (χ0) is 18.9. The third-order valence-corrected chi connectivity index (χ3v) is 3.11. The maximum atomic E-state index is 13.5. The van der Waals surface area contributed by atoms with Gasteiger partial charge in [-0.1, -0.05) is 18.2 Å². The summed E-state index contributed by atoms with van der Waals surface area (Å²) in [5.41, 5.74) is 2.43. The number of nitrogens with one attached hydrogen (secondary N) is 2. The number of para-hydroxylation sites is 1. The molecule has 0 fully saturated rings. The minimum atomic E-state index is -0.876. The van der Waals surface area contributed by atoms with Crippen LogP contribution in [0.2, 0.25) is 0 Å². The van der Waals surface area contributed by atoms with Crippen LogP contribution in [0.4, 0.5) is 14.5 Å². The normalized spacial score (nSPS) is 11.0. The van der Waals surface area contributed by atoms with E-state index < -0.39 is 23.4 Å². The maximum absolute atomic E-state index is 13.5. The van der Waals surface area contributed by atoms with E-state index in [-0.39, 0.29) is 18.7 Å². The zero-order valence-electron chi connectivity index (χ0n) is 14.0. The molecule has 2 rings (SSSR count). The molecule has 0 saturated carbocycles. The molecular formula is C18H17F2N3O3. The number of halogens is 2. The number of rotatable bonds is 7. The first-order chi connectivity index (χ1) is 12.4. The largest absolute Gasteiger partial charge is 0.484 e. The van der Waals surface area contributed by atoms with Gasteiger partial charge in [-0.05, 0) is 31.2 Å². The predicted octanol–water partition coefficient (Wildman–Crippen LogP) is 2.86. The summed E-state index contributed by atoms with van der Waals surface area (Å²) in [6.07, 6.45) is -0.170. The van der Waals surface area contributed by atoms with Crippen LogP contribution in [0.5, 0.6) is 5.75 Å². The van der Waals surface area contributed by atoms with Crippen LogP contribution in [-0.2, 0) is 9.59 Å². The Morgan fingerprint density at radius 3 is 2.50 bits per heavy atom. The molecule has 0 aliphatic heterocycles. The van der Waals surface area contributed by atoms with Crippen molar-refractivity contribution in [3.8, 4) is 5.75 Å². The summed E-state index contributed by atoms with van der Waals surface area (Å²) in [5, 5.41) is 6.08. The van der Waals surface area contributed by atoms with Crippen molar-refractivity contribution in [2.24, 2.45) is 5.10 Å². The number of ether oxygens (including phenoxy) is 1. The number of carbonyl (C=O) groups excluding carboxylic acids is 2. The molecule has 0 atom stereocenters. The summed E-state index contributed by atoms with van der Waals surface area (Å²) in [6, 6.07) is 11.6. The summed E-state index contributed by atoms with van der Waals surface area (Å²) in [5.74, 6) is -2.10. The number of hydrogen-bond donors (Lipinski definition) is 2.